The zero-order valence-corrected chi connectivity index (χ0v) is 12.8. The highest BCUT2D eigenvalue weighted by Crippen LogP contribution is 2.11. The second-order valence-corrected chi connectivity index (χ2v) is 5.51. The third kappa shape index (κ3) is 4.84. The van der Waals surface area contributed by atoms with Gasteiger partial charge in [-0.15, -0.1) is 0 Å². The first-order chi connectivity index (χ1) is 10.5. The Balaban J connectivity index is 1.96. The Kier molecular flexibility index (Phi) is 5.47. The minimum atomic E-state index is -0.253. The molecular formula is C17H20FN3O. The van der Waals surface area contributed by atoms with Crippen molar-refractivity contribution in [3.05, 3.63) is 59.7 Å². The molecule has 0 unspecified atom stereocenters. The van der Waals surface area contributed by atoms with Crippen molar-refractivity contribution < 1.29 is 9.18 Å². The maximum atomic E-state index is 12.8. The van der Waals surface area contributed by atoms with Crippen molar-refractivity contribution in [2.75, 3.05) is 11.9 Å². The molecule has 0 aliphatic rings. The van der Waals surface area contributed by atoms with Gasteiger partial charge in [-0.2, -0.15) is 0 Å². The molecule has 2 N–H and O–H groups in total. The molecule has 22 heavy (non-hydrogen) atoms. The maximum Gasteiger partial charge on any atom is 0.269 e. The highest BCUT2D eigenvalue weighted by atomic mass is 19.1. The van der Waals surface area contributed by atoms with Crippen molar-refractivity contribution in [2.45, 2.75) is 20.4 Å². The lowest BCUT2D eigenvalue weighted by Gasteiger charge is -2.09. The molecule has 0 saturated heterocycles. The largest absolute Gasteiger partial charge is 0.381 e. The monoisotopic (exact) mass is 301 g/mol. The van der Waals surface area contributed by atoms with Crippen molar-refractivity contribution in [3.8, 4) is 0 Å². The number of carbonyl (C=O) groups excluding carboxylic acids is 1. The van der Waals surface area contributed by atoms with Crippen molar-refractivity contribution in [1.82, 2.24) is 10.3 Å². The van der Waals surface area contributed by atoms with Gasteiger partial charge in [0.05, 0.1) is 0 Å². The highest BCUT2D eigenvalue weighted by Gasteiger charge is 2.08. The molecule has 2 rings (SSSR count). The molecule has 0 bridgehead atoms. The van der Waals surface area contributed by atoms with Crippen LogP contribution in [0.5, 0.6) is 0 Å². The zero-order valence-electron chi connectivity index (χ0n) is 12.8. The van der Waals surface area contributed by atoms with E-state index in [1.165, 1.54) is 12.1 Å². The van der Waals surface area contributed by atoms with E-state index in [-0.39, 0.29) is 11.7 Å². The van der Waals surface area contributed by atoms with Gasteiger partial charge in [-0.05, 0) is 35.7 Å². The molecule has 1 aromatic carbocycles. The summed E-state index contributed by atoms with van der Waals surface area (Å²) in [6, 6.07) is 9.80. The van der Waals surface area contributed by atoms with Gasteiger partial charge in [0.2, 0.25) is 0 Å². The van der Waals surface area contributed by atoms with Crippen LogP contribution in [-0.2, 0) is 6.54 Å². The summed E-state index contributed by atoms with van der Waals surface area (Å²) in [5.41, 5.74) is 2.14. The first kappa shape index (κ1) is 15.9. The van der Waals surface area contributed by atoms with E-state index in [9.17, 15) is 9.18 Å². The van der Waals surface area contributed by atoms with E-state index in [4.69, 9.17) is 0 Å². The third-order valence-corrected chi connectivity index (χ3v) is 3.07. The number of hydrogen-bond donors (Lipinski definition) is 2. The molecule has 0 fully saturated rings. The normalized spacial score (nSPS) is 10.5. The molecule has 5 heteroatoms. The number of amides is 1. The Morgan fingerprint density at radius 3 is 2.64 bits per heavy atom. The summed E-state index contributed by atoms with van der Waals surface area (Å²) in [6.45, 7) is 5.24. The second kappa shape index (κ2) is 7.54. The first-order valence-corrected chi connectivity index (χ1v) is 7.27. The summed E-state index contributed by atoms with van der Waals surface area (Å²) < 4.78 is 12.8. The van der Waals surface area contributed by atoms with Crippen LogP contribution in [0, 0.1) is 11.7 Å². The summed E-state index contributed by atoms with van der Waals surface area (Å²) in [4.78, 5) is 16.1. The standard InChI is InChI=1S/C17H20FN3O/c1-12(2)10-21-17(22)16-9-15(7-8-19-16)20-11-13-3-5-14(18)6-4-13/h3-9,12H,10-11H2,1-2H3,(H,19,20)(H,21,22). The van der Waals surface area contributed by atoms with E-state index in [0.29, 0.717) is 24.7 Å². The molecular weight excluding hydrogens is 281 g/mol. The van der Waals surface area contributed by atoms with Gasteiger partial charge in [-0.3, -0.25) is 9.78 Å². The molecule has 0 aliphatic carbocycles. The van der Waals surface area contributed by atoms with E-state index in [1.807, 2.05) is 13.8 Å². The molecule has 0 spiro atoms. The van der Waals surface area contributed by atoms with E-state index in [1.54, 1.807) is 30.5 Å². The summed E-state index contributed by atoms with van der Waals surface area (Å²) >= 11 is 0. The van der Waals surface area contributed by atoms with Gasteiger partial charge in [-0.25, -0.2) is 4.39 Å². The molecule has 2 aromatic rings. The van der Waals surface area contributed by atoms with Crippen LogP contribution in [0.25, 0.3) is 0 Å². The van der Waals surface area contributed by atoms with E-state index in [2.05, 4.69) is 15.6 Å². The number of nitrogens with one attached hydrogen (secondary N) is 2. The van der Waals surface area contributed by atoms with Gasteiger partial charge < -0.3 is 10.6 Å². The molecule has 116 valence electrons. The van der Waals surface area contributed by atoms with Crippen LogP contribution >= 0.6 is 0 Å². The highest BCUT2D eigenvalue weighted by molar-refractivity contribution is 5.93. The van der Waals surface area contributed by atoms with Gasteiger partial charge in [0.25, 0.3) is 5.91 Å². The average Bonchev–Trinajstić information content (AvgIpc) is 2.52. The van der Waals surface area contributed by atoms with E-state index in [0.717, 1.165) is 11.3 Å². The minimum Gasteiger partial charge on any atom is -0.381 e. The first-order valence-electron chi connectivity index (χ1n) is 7.27. The Hall–Kier alpha value is -2.43. The van der Waals surface area contributed by atoms with E-state index >= 15 is 0 Å². The molecule has 0 radical (unpaired) electrons. The molecule has 0 saturated carbocycles. The van der Waals surface area contributed by atoms with E-state index < -0.39 is 0 Å². The number of hydrogen-bond acceptors (Lipinski definition) is 3. The Labute approximate surface area is 129 Å². The lowest BCUT2D eigenvalue weighted by molar-refractivity contribution is 0.0944. The number of pyridine rings is 1. The molecule has 4 nitrogen and oxygen atoms in total. The van der Waals surface area contributed by atoms with Gasteiger partial charge in [0.15, 0.2) is 0 Å². The van der Waals surface area contributed by atoms with Gasteiger partial charge in [0, 0.05) is 25.0 Å². The van der Waals surface area contributed by atoms with Crippen LogP contribution in [0.15, 0.2) is 42.6 Å². The SMILES string of the molecule is CC(C)CNC(=O)c1cc(NCc2ccc(F)cc2)ccn1. The number of anilines is 1. The van der Waals surface area contributed by atoms with Crippen LogP contribution in [0.1, 0.15) is 29.9 Å². The van der Waals surface area contributed by atoms with Gasteiger partial charge in [-0.1, -0.05) is 26.0 Å². The fraction of sp³-hybridized carbons (Fsp3) is 0.294. The maximum absolute atomic E-state index is 12.8. The van der Waals surface area contributed by atoms with Gasteiger partial charge in [0.1, 0.15) is 11.5 Å². The van der Waals surface area contributed by atoms with Crippen molar-refractivity contribution >= 4 is 11.6 Å². The average molecular weight is 301 g/mol. The number of benzene rings is 1. The quantitative estimate of drug-likeness (QED) is 0.861. The summed E-state index contributed by atoms with van der Waals surface area (Å²) in [5.74, 6) is -0.0420. The molecule has 1 amide bonds. The number of nitrogens with zero attached hydrogens (tertiary/aromatic N) is 1. The Morgan fingerprint density at radius 1 is 1.23 bits per heavy atom. The van der Waals surface area contributed by atoms with Crippen LogP contribution in [0.3, 0.4) is 0 Å². The number of aromatic nitrogens is 1. The molecule has 1 aromatic heterocycles. The van der Waals surface area contributed by atoms with Crippen LogP contribution < -0.4 is 10.6 Å². The van der Waals surface area contributed by atoms with Crippen molar-refractivity contribution in [1.29, 1.82) is 0 Å². The fourth-order valence-electron chi connectivity index (χ4n) is 1.86. The Morgan fingerprint density at radius 2 is 1.95 bits per heavy atom. The topological polar surface area (TPSA) is 54.0 Å². The number of halogens is 1. The van der Waals surface area contributed by atoms with Crippen LogP contribution in [0.2, 0.25) is 0 Å². The zero-order chi connectivity index (χ0) is 15.9. The third-order valence-electron chi connectivity index (χ3n) is 3.07. The number of rotatable bonds is 6. The summed E-state index contributed by atoms with van der Waals surface area (Å²) in [6.07, 6.45) is 1.59. The lowest BCUT2D eigenvalue weighted by atomic mass is 10.2. The van der Waals surface area contributed by atoms with Gasteiger partial charge >= 0.3 is 0 Å². The molecule has 1 heterocycles. The van der Waals surface area contributed by atoms with Crippen molar-refractivity contribution in [2.24, 2.45) is 5.92 Å². The minimum absolute atomic E-state index is 0.181. The van der Waals surface area contributed by atoms with Crippen LogP contribution in [0.4, 0.5) is 10.1 Å². The fourth-order valence-corrected chi connectivity index (χ4v) is 1.86. The molecule has 0 atom stereocenters. The molecule has 0 aliphatic heterocycles. The summed E-state index contributed by atoms with van der Waals surface area (Å²) in [7, 11) is 0. The second-order valence-electron chi connectivity index (χ2n) is 5.51. The van der Waals surface area contributed by atoms with Crippen LogP contribution in [-0.4, -0.2) is 17.4 Å². The predicted molar refractivity (Wildman–Crippen MR) is 85.1 cm³/mol. The predicted octanol–water partition coefficient (Wildman–Crippen LogP) is 3.22. The number of carbonyl (C=O) groups is 1. The lowest BCUT2D eigenvalue weighted by Crippen LogP contribution is -2.28. The smallest absolute Gasteiger partial charge is 0.269 e. The van der Waals surface area contributed by atoms with Crippen molar-refractivity contribution in [3.63, 3.8) is 0 Å². The summed E-state index contributed by atoms with van der Waals surface area (Å²) in [5, 5.41) is 6.03. The Bertz CT molecular complexity index is 626.